The Balaban J connectivity index is 3.29. The van der Waals surface area contributed by atoms with Crippen molar-refractivity contribution in [2.24, 2.45) is 5.73 Å². The molecular formula is C7H6BrClF2N2. The lowest BCUT2D eigenvalue weighted by Gasteiger charge is -2.08. The van der Waals surface area contributed by atoms with Gasteiger partial charge in [-0.05, 0) is 22.0 Å². The number of hydrogen-bond acceptors (Lipinski definition) is 2. The van der Waals surface area contributed by atoms with Gasteiger partial charge in [-0.1, -0.05) is 11.6 Å². The molecule has 1 aromatic heterocycles. The minimum absolute atomic E-state index is 0.00439. The van der Waals surface area contributed by atoms with Gasteiger partial charge >= 0.3 is 0 Å². The summed E-state index contributed by atoms with van der Waals surface area (Å²) in [6.45, 7) is 0.00439. The molecular weight excluding hydrogens is 265 g/mol. The first-order valence-electron chi connectivity index (χ1n) is 3.39. The van der Waals surface area contributed by atoms with Gasteiger partial charge in [-0.3, -0.25) is 0 Å². The number of pyridine rings is 1. The summed E-state index contributed by atoms with van der Waals surface area (Å²) in [5.74, 6) is 0. The number of nitrogens with zero attached hydrogens (tertiary/aromatic N) is 1. The van der Waals surface area contributed by atoms with Gasteiger partial charge in [-0.15, -0.1) is 0 Å². The van der Waals surface area contributed by atoms with Crippen molar-refractivity contribution in [2.45, 2.75) is 13.0 Å². The Labute approximate surface area is 87.2 Å². The molecule has 0 unspecified atom stereocenters. The Morgan fingerprint density at radius 1 is 1.62 bits per heavy atom. The summed E-state index contributed by atoms with van der Waals surface area (Å²) in [6, 6.07) is 1.12. The van der Waals surface area contributed by atoms with Crippen LogP contribution in [0.5, 0.6) is 0 Å². The average molecular weight is 271 g/mol. The Bertz CT molecular complexity index is 320. The molecule has 13 heavy (non-hydrogen) atoms. The van der Waals surface area contributed by atoms with Crippen LogP contribution in [0.25, 0.3) is 0 Å². The molecule has 0 fully saturated rings. The van der Waals surface area contributed by atoms with Gasteiger partial charge in [0, 0.05) is 17.7 Å². The second-order valence-electron chi connectivity index (χ2n) is 2.31. The van der Waals surface area contributed by atoms with Gasteiger partial charge in [0.1, 0.15) is 9.76 Å². The normalized spacial score (nSPS) is 10.9. The number of aromatic nitrogens is 1. The van der Waals surface area contributed by atoms with Crippen LogP contribution in [-0.2, 0) is 6.54 Å². The van der Waals surface area contributed by atoms with Crippen LogP contribution >= 0.6 is 27.5 Å². The lowest BCUT2D eigenvalue weighted by molar-refractivity contribution is 0.150. The van der Waals surface area contributed by atoms with E-state index in [0.29, 0.717) is 5.56 Å². The van der Waals surface area contributed by atoms with Crippen molar-refractivity contribution in [2.75, 3.05) is 0 Å². The van der Waals surface area contributed by atoms with Gasteiger partial charge in [0.15, 0.2) is 0 Å². The van der Waals surface area contributed by atoms with Crippen molar-refractivity contribution in [1.29, 1.82) is 0 Å². The summed E-state index contributed by atoms with van der Waals surface area (Å²) in [4.78, 5) is 3.76. The first-order valence-corrected chi connectivity index (χ1v) is 4.56. The van der Waals surface area contributed by atoms with Gasteiger partial charge in [-0.2, -0.15) is 0 Å². The van der Waals surface area contributed by atoms with Gasteiger partial charge in [0.25, 0.3) is 6.43 Å². The minimum atomic E-state index is -2.59. The molecule has 0 aliphatic heterocycles. The topological polar surface area (TPSA) is 38.9 Å². The van der Waals surface area contributed by atoms with Crippen molar-refractivity contribution in [1.82, 2.24) is 4.98 Å². The van der Waals surface area contributed by atoms with E-state index in [1.807, 2.05) is 0 Å². The third kappa shape index (κ3) is 2.36. The third-order valence-electron chi connectivity index (χ3n) is 1.52. The second-order valence-corrected chi connectivity index (χ2v) is 3.45. The highest BCUT2D eigenvalue weighted by Gasteiger charge is 2.16. The Morgan fingerprint density at radius 2 is 2.23 bits per heavy atom. The molecule has 2 N–H and O–H groups in total. The molecule has 0 saturated heterocycles. The van der Waals surface area contributed by atoms with E-state index in [2.05, 4.69) is 20.9 Å². The molecule has 0 spiro atoms. The molecule has 0 bridgehead atoms. The number of halogens is 4. The van der Waals surface area contributed by atoms with Crippen LogP contribution in [0.4, 0.5) is 8.78 Å². The minimum Gasteiger partial charge on any atom is -0.326 e. The monoisotopic (exact) mass is 270 g/mol. The van der Waals surface area contributed by atoms with Crippen molar-refractivity contribution < 1.29 is 8.78 Å². The molecule has 0 saturated carbocycles. The Kier molecular flexibility index (Phi) is 3.58. The zero-order valence-electron chi connectivity index (χ0n) is 6.40. The molecule has 0 aliphatic carbocycles. The smallest absolute Gasteiger partial charge is 0.264 e. The molecule has 72 valence electrons. The van der Waals surface area contributed by atoms with Crippen LogP contribution < -0.4 is 5.73 Å². The summed E-state index contributed by atoms with van der Waals surface area (Å²) < 4.78 is 25.1. The molecule has 1 rings (SSSR count). The lowest BCUT2D eigenvalue weighted by Crippen LogP contribution is -2.04. The fourth-order valence-corrected chi connectivity index (χ4v) is 1.81. The maximum absolute atomic E-state index is 12.4. The predicted molar refractivity (Wildman–Crippen MR) is 49.8 cm³/mol. The van der Waals surface area contributed by atoms with Crippen LogP contribution in [0.3, 0.4) is 0 Å². The highest BCUT2D eigenvalue weighted by Crippen LogP contribution is 2.29. The predicted octanol–water partition coefficient (Wildman–Crippen LogP) is 2.89. The van der Waals surface area contributed by atoms with Crippen molar-refractivity contribution in [3.05, 3.63) is 26.9 Å². The molecule has 0 radical (unpaired) electrons. The molecule has 0 aromatic carbocycles. The first-order chi connectivity index (χ1) is 6.06. The molecule has 1 aromatic rings. The quantitative estimate of drug-likeness (QED) is 0.840. The maximum atomic E-state index is 12.4. The number of alkyl halides is 2. The van der Waals surface area contributed by atoms with Gasteiger partial charge in [0.2, 0.25) is 0 Å². The zero-order chi connectivity index (χ0) is 10.0. The van der Waals surface area contributed by atoms with E-state index in [1.54, 1.807) is 0 Å². The standard InChI is InChI=1S/C7H6BrClF2N2/c8-6-4(2-12)3(7(10)11)1-5(9)13-6/h1,7H,2,12H2. The van der Waals surface area contributed by atoms with E-state index < -0.39 is 6.43 Å². The second kappa shape index (κ2) is 4.30. The fraction of sp³-hybridized carbons (Fsp3) is 0.286. The average Bonchev–Trinajstić information content (AvgIpc) is 2.02. The largest absolute Gasteiger partial charge is 0.326 e. The van der Waals surface area contributed by atoms with E-state index >= 15 is 0 Å². The number of rotatable bonds is 2. The van der Waals surface area contributed by atoms with Gasteiger partial charge in [-0.25, -0.2) is 13.8 Å². The molecule has 0 amide bonds. The molecule has 0 aliphatic rings. The van der Waals surface area contributed by atoms with Crippen molar-refractivity contribution in [3.63, 3.8) is 0 Å². The van der Waals surface area contributed by atoms with Crippen molar-refractivity contribution in [3.8, 4) is 0 Å². The van der Waals surface area contributed by atoms with Crippen LogP contribution in [-0.4, -0.2) is 4.98 Å². The fourth-order valence-electron chi connectivity index (χ4n) is 0.925. The highest BCUT2D eigenvalue weighted by molar-refractivity contribution is 9.10. The Hall–Kier alpha value is -0.260. The van der Waals surface area contributed by atoms with Gasteiger partial charge < -0.3 is 5.73 Å². The summed E-state index contributed by atoms with van der Waals surface area (Å²) in [6.07, 6.45) is -2.59. The number of hydrogen-bond donors (Lipinski definition) is 1. The van der Waals surface area contributed by atoms with E-state index in [-0.39, 0.29) is 21.9 Å². The van der Waals surface area contributed by atoms with Crippen LogP contribution in [0.15, 0.2) is 10.7 Å². The molecule has 0 atom stereocenters. The molecule has 1 heterocycles. The van der Waals surface area contributed by atoms with E-state index in [0.717, 1.165) is 6.07 Å². The van der Waals surface area contributed by atoms with Crippen LogP contribution in [0.2, 0.25) is 5.15 Å². The zero-order valence-corrected chi connectivity index (χ0v) is 8.74. The Morgan fingerprint density at radius 3 is 2.69 bits per heavy atom. The van der Waals surface area contributed by atoms with E-state index in [4.69, 9.17) is 17.3 Å². The van der Waals surface area contributed by atoms with E-state index in [1.165, 1.54) is 0 Å². The van der Waals surface area contributed by atoms with E-state index in [9.17, 15) is 8.78 Å². The summed E-state index contributed by atoms with van der Waals surface area (Å²) in [5, 5.41) is 0.0272. The maximum Gasteiger partial charge on any atom is 0.264 e. The SMILES string of the molecule is NCc1c(C(F)F)cc(Cl)nc1Br. The molecule has 6 heteroatoms. The summed E-state index contributed by atoms with van der Waals surface area (Å²) in [5.41, 5.74) is 5.41. The van der Waals surface area contributed by atoms with Crippen LogP contribution in [0, 0.1) is 0 Å². The summed E-state index contributed by atoms with van der Waals surface area (Å²) >= 11 is 8.53. The summed E-state index contributed by atoms with van der Waals surface area (Å²) in [7, 11) is 0. The van der Waals surface area contributed by atoms with Crippen molar-refractivity contribution >= 4 is 27.5 Å². The third-order valence-corrected chi connectivity index (χ3v) is 2.37. The highest BCUT2D eigenvalue weighted by atomic mass is 79.9. The van der Waals surface area contributed by atoms with Crippen LogP contribution in [0.1, 0.15) is 17.6 Å². The van der Waals surface area contributed by atoms with Gasteiger partial charge in [0.05, 0.1) is 0 Å². The number of nitrogens with two attached hydrogens (primary N) is 1. The first kappa shape index (κ1) is 10.8. The lowest BCUT2D eigenvalue weighted by atomic mass is 10.1. The molecule has 2 nitrogen and oxygen atoms in total.